The van der Waals surface area contributed by atoms with Crippen LogP contribution in [0.2, 0.25) is 0 Å². The molecule has 0 aromatic heterocycles. The van der Waals surface area contributed by atoms with Crippen LogP contribution in [0.1, 0.15) is 24.5 Å². The molecule has 0 saturated heterocycles. The molecule has 0 spiro atoms. The molecule has 0 amide bonds. The summed E-state index contributed by atoms with van der Waals surface area (Å²) in [5, 5.41) is 0. The molecule has 4 heteroatoms. The summed E-state index contributed by atoms with van der Waals surface area (Å²) in [5.74, 6) is 0.313. The maximum Gasteiger partial charge on any atom is 0.416 e. The van der Waals surface area contributed by atoms with Crippen LogP contribution in [0.15, 0.2) is 24.3 Å². The first-order valence-corrected chi connectivity index (χ1v) is 5.29. The van der Waals surface area contributed by atoms with E-state index in [4.69, 9.17) is 5.73 Å². The number of benzene rings is 1. The van der Waals surface area contributed by atoms with Crippen LogP contribution < -0.4 is 5.73 Å². The van der Waals surface area contributed by atoms with Crippen LogP contribution in [0.3, 0.4) is 0 Å². The average molecular weight is 231 g/mol. The van der Waals surface area contributed by atoms with Gasteiger partial charge in [0, 0.05) is 0 Å². The number of hydrogen-bond acceptors (Lipinski definition) is 1. The first kappa shape index (κ1) is 13.0. The van der Waals surface area contributed by atoms with Gasteiger partial charge in [-0.15, -0.1) is 0 Å². The highest BCUT2D eigenvalue weighted by Gasteiger charge is 2.30. The third-order valence-corrected chi connectivity index (χ3v) is 2.50. The molecule has 0 heterocycles. The third kappa shape index (κ3) is 3.85. The summed E-state index contributed by atoms with van der Waals surface area (Å²) in [6.07, 6.45) is -2.79. The zero-order valence-electron chi connectivity index (χ0n) is 9.22. The molecular formula is C12H16F3N. The molecule has 0 aliphatic rings. The molecule has 1 unspecified atom stereocenters. The normalized spacial score (nSPS) is 13.8. The Morgan fingerprint density at radius 3 is 2.56 bits per heavy atom. The van der Waals surface area contributed by atoms with Gasteiger partial charge in [-0.3, -0.25) is 0 Å². The van der Waals surface area contributed by atoms with E-state index in [2.05, 4.69) is 0 Å². The lowest BCUT2D eigenvalue weighted by Gasteiger charge is -2.12. The van der Waals surface area contributed by atoms with E-state index in [1.54, 1.807) is 6.07 Å². The van der Waals surface area contributed by atoms with Gasteiger partial charge in [-0.2, -0.15) is 13.2 Å². The van der Waals surface area contributed by atoms with Crippen molar-refractivity contribution in [2.24, 2.45) is 11.7 Å². The van der Waals surface area contributed by atoms with Crippen LogP contribution in [0.5, 0.6) is 0 Å². The summed E-state index contributed by atoms with van der Waals surface area (Å²) in [4.78, 5) is 0. The van der Waals surface area contributed by atoms with Crippen molar-refractivity contribution in [1.29, 1.82) is 0 Å². The van der Waals surface area contributed by atoms with Crippen molar-refractivity contribution < 1.29 is 13.2 Å². The molecule has 90 valence electrons. The Kier molecular flexibility index (Phi) is 4.35. The van der Waals surface area contributed by atoms with Crippen molar-refractivity contribution >= 4 is 0 Å². The van der Waals surface area contributed by atoms with Crippen LogP contribution in [0, 0.1) is 5.92 Å². The fourth-order valence-corrected chi connectivity index (χ4v) is 1.66. The Balaban J connectivity index is 2.75. The molecule has 1 aromatic carbocycles. The number of nitrogens with two attached hydrogens (primary N) is 1. The van der Waals surface area contributed by atoms with Gasteiger partial charge in [0.25, 0.3) is 0 Å². The fourth-order valence-electron chi connectivity index (χ4n) is 1.66. The number of halogens is 3. The van der Waals surface area contributed by atoms with E-state index in [0.29, 0.717) is 18.9 Å². The Morgan fingerprint density at radius 1 is 1.31 bits per heavy atom. The molecule has 0 fully saturated rings. The third-order valence-electron chi connectivity index (χ3n) is 2.50. The van der Waals surface area contributed by atoms with Gasteiger partial charge in [-0.1, -0.05) is 25.1 Å². The summed E-state index contributed by atoms with van der Waals surface area (Å²) in [7, 11) is 0. The van der Waals surface area contributed by atoms with Gasteiger partial charge in [0.1, 0.15) is 0 Å². The lowest BCUT2D eigenvalue weighted by molar-refractivity contribution is -0.137. The quantitative estimate of drug-likeness (QED) is 0.845. The van der Waals surface area contributed by atoms with Crippen molar-refractivity contribution in [2.75, 3.05) is 6.54 Å². The van der Waals surface area contributed by atoms with Gasteiger partial charge in [0.2, 0.25) is 0 Å². The molecule has 0 saturated carbocycles. The van der Waals surface area contributed by atoms with Crippen molar-refractivity contribution in [3.05, 3.63) is 35.4 Å². The second kappa shape index (κ2) is 5.34. The van der Waals surface area contributed by atoms with E-state index in [-0.39, 0.29) is 0 Å². The van der Waals surface area contributed by atoms with E-state index < -0.39 is 11.7 Å². The fraction of sp³-hybridized carbons (Fsp3) is 0.500. The molecule has 1 nitrogen and oxygen atoms in total. The van der Waals surface area contributed by atoms with Gasteiger partial charge in [0.05, 0.1) is 5.56 Å². The second-order valence-corrected chi connectivity index (χ2v) is 4.08. The molecule has 0 aliphatic carbocycles. The lowest BCUT2D eigenvalue weighted by atomic mass is 9.97. The van der Waals surface area contributed by atoms with Gasteiger partial charge in [0.15, 0.2) is 0 Å². The molecule has 0 aliphatic heterocycles. The van der Waals surface area contributed by atoms with Gasteiger partial charge in [-0.05, 0) is 36.9 Å². The van der Waals surface area contributed by atoms with E-state index in [9.17, 15) is 13.2 Å². The maximum atomic E-state index is 12.4. The molecule has 1 atom stereocenters. The van der Waals surface area contributed by atoms with E-state index in [1.165, 1.54) is 12.1 Å². The molecule has 16 heavy (non-hydrogen) atoms. The zero-order chi connectivity index (χ0) is 12.2. The topological polar surface area (TPSA) is 26.0 Å². The zero-order valence-corrected chi connectivity index (χ0v) is 9.22. The highest BCUT2D eigenvalue weighted by atomic mass is 19.4. The number of hydrogen-bond donors (Lipinski definition) is 1. The van der Waals surface area contributed by atoms with Gasteiger partial charge >= 0.3 is 6.18 Å². The highest BCUT2D eigenvalue weighted by Crippen LogP contribution is 2.30. The minimum Gasteiger partial charge on any atom is -0.330 e. The van der Waals surface area contributed by atoms with Crippen LogP contribution in [-0.4, -0.2) is 6.54 Å². The van der Waals surface area contributed by atoms with Crippen molar-refractivity contribution in [3.63, 3.8) is 0 Å². The second-order valence-electron chi connectivity index (χ2n) is 4.08. The lowest BCUT2D eigenvalue weighted by Crippen LogP contribution is -2.09. The minimum atomic E-state index is -4.26. The summed E-state index contributed by atoms with van der Waals surface area (Å²) in [6, 6.07) is 5.49. The average Bonchev–Trinajstić information content (AvgIpc) is 2.17. The number of rotatable bonds is 4. The smallest absolute Gasteiger partial charge is 0.330 e. The van der Waals surface area contributed by atoms with E-state index in [0.717, 1.165) is 18.1 Å². The predicted molar refractivity (Wildman–Crippen MR) is 58.0 cm³/mol. The van der Waals surface area contributed by atoms with Gasteiger partial charge < -0.3 is 5.73 Å². The number of alkyl halides is 3. The Bertz CT molecular complexity index is 333. The van der Waals surface area contributed by atoms with Crippen LogP contribution in [0.25, 0.3) is 0 Å². The molecule has 0 radical (unpaired) electrons. The predicted octanol–water partition coefficient (Wildman–Crippen LogP) is 3.23. The largest absolute Gasteiger partial charge is 0.416 e. The van der Waals surface area contributed by atoms with E-state index >= 15 is 0 Å². The van der Waals surface area contributed by atoms with Crippen molar-refractivity contribution in [2.45, 2.75) is 25.9 Å². The minimum absolute atomic E-state index is 0.313. The summed E-state index contributed by atoms with van der Waals surface area (Å²) in [6.45, 7) is 2.56. The first-order valence-electron chi connectivity index (χ1n) is 5.29. The maximum absolute atomic E-state index is 12.4. The summed E-state index contributed by atoms with van der Waals surface area (Å²) in [5.41, 5.74) is 5.54. The van der Waals surface area contributed by atoms with Crippen LogP contribution in [-0.2, 0) is 12.6 Å². The van der Waals surface area contributed by atoms with E-state index in [1.807, 2.05) is 6.92 Å². The highest BCUT2D eigenvalue weighted by molar-refractivity contribution is 5.25. The Morgan fingerprint density at radius 2 is 2.00 bits per heavy atom. The first-order chi connectivity index (χ1) is 7.43. The summed E-state index contributed by atoms with van der Waals surface area (Å²) >= 11 is 0. The molecule has 0 bridgehead atoms. The molecular weight excluding hydrogens is 215 g/mol. The van der Waals surface area contributed by atoms with Crippen LogP contribution >= 0.6 is 0 Å². The van der Waals surface area contributed by atoms with Crippen molar-refractivity contribution in [1.82, 2.24) is 0 Å². The van der Waals surface area contributed by atoms with Crippen LogP contribution in [0.4, 0.5) is 13.2 Å². The monoisotopic (exact) mass is 231 g/mol. The van der Waals surface area contributed by atoms with Gasteiger partial charge in [-0.25, -0.2) is 0 Å². The van der Waals surface area contributed by atoms with Crippen molar-refractivity contribution in [3.8, 4) is 0 Å². The Labute approximate surface area is 93.5 Å². The molecule has 2 N–H and O–H groups in total. The standard InChI is InChI=1S/C12H16F3N/c1-9(5-6-16)7-10-3-2-4-11(8-10)12(13,14)15/h2-4,8-9H,5-7,16H2,1H3. The summed E-state index contributed by atoms with van der Waals surface area (Å²) < 4.78 is 37.3. The Hall–Kier alpha value is -1.03. The molecule has 1 rings (SSSR count). The SMILES string of the molecule is CC(CCN)Cc1cccc(C(F)(F)F)c1. The molecule has 1 aromatic rings.